The molecule has 2 amide bonds. The third-order valence-electron chi connectivity index (χ3n) is 2.31. The predicted molar refractivity (Wildman–Crippen MR) is 84.6 cm³/mol. The molecule has 2 rings (SSSR count). The van der Waals surface area contributed by atoms with Crippen molar-refractivity contribution in [1.29, 1.82) is 0 Å². The second-order valence-corrected chi connectivity index (χ2v) is 6.08. The molecule has 0 radical (unpaired) electrons. The molecule has 0 aliphatic carbocycles. The number of rotatable bonds is 4. The van der Waals surface area contributed by atoms with Gasteiger partial charge in [0.2, 0.25) is 0 Å². The molecule has 2 aromatic rings. The van der Waals surface area contributed by atoms with Crippen LogP contribution in [0, 0.1) is 0 Å². The SMILES string of the molecule is O=C(COc1ccc(Cl)cc1Br)NNC(=O)c1cccs1. The van der Waals surface area contributed by atoms with Crippen molar-refractivity contribution in [2.24, 2.45) is 0 Å². The Hall–Kier alpha value is -1.57. The summed E-state index contributed by atoms with van der Waals surface area (Å²) >= 11 is 10.4. The summed E-state index contributed by atoms with van der Waals surface area (Å²) in [6.07, 6.45) is 0. The standard InChI is InChI=1S/C13H10BrClN2O3S/c14-9-6-8(15)3-4-10(9)20-7-12(18)16-17-13(19)11-2-1-5-21-11/h1-6H,7H2,(H,16,18)(H,17,19). The van der Waals surface area contributed by atoms with E-state index in [0.717, 1.165) is 0 Å². The highest BCUT2D eigenvalue weighted by atomic mass is 79.9. The molecule has 5 nitrogen and oxygen atoms in total. The highest BCUT2D eigenvalue weighted by Gasteiger charge is 2.09. The highest BCUT2D eigenvalue weighted by Crippen LogP contribution is 2.27. The molecule has 2 N–H and O–H groups in total. The van der Waals surface area contributed by atoms with Gasteiger partial charge in [0, 0.05) is 5.02 Å². The Morgan fingerprint density at radius 3 is 2.76 bits per heavy atom. The zero-order valence-electron chi connectivity index (χ0n) is 10.6. The smallest absolute Gasteiger partial charge is 0.279 e. The van der Waals surface area contributed by atoms with Crippen LogP contribution in [0.15, 0.2) is 40.2 Å². The van der Waals surface area contributed by atoms with Gasteiger partial charge in [-0.05, 0) is 45.6 Å². The van der Waals surface area contributed by atoms with Crippen LogP contribution in [0.1, 0.15) is 9.67 Å². The number of carbonyl (C=O) groups is 2. The van der Waals surface area contributed by atoms with Gasteiger partial charge in [0.05, 0.1) is 9.35 Å². The van der Waals surface area contributed by atoms with Gasteiger partial charge in [-0.2, -0.15) is 0 Å². The summed E-state index contributed by atoms with van der Waals surface area (Å²) in [4.78, 5) is 23.7. The topological polar surface area (TPSA) is 67.4 Å². The molecule has 1 aromatic carbocycles. The molecule has 1 aromatic heterocycles. The lowest BCUT2D eigenvalue weighted by molar-refractivity contribution is -0.123. The Morgan fingerprint density at radius 2 is 2.10 bits per heavy atom. The first kappa shape index (κ1) is 15.8. The minimum atomic E-state index is -0.471. The van der Waals surface area contributed by atoms with Crippen LogP contribution < -0.4 is 15.6 Å². The average Bonchev–Trinajstić information content (AvgIpc) is 2.98. The summed E-state index contributed by atoms with van der Waals surface area (Å²) in [6, 6.07) is 8.37. The van der Waals surface area contributed by atoms with Gasteiger partial charge in [0.15, 0.2) is 6.61 Å². The number of benzene rings is 1. The number of halogens is 2. The van der Waals surface area contributed by atoms with Gasteiger partial charge in [0.1, 0.15) is 5.75 Å². The maximum absolute atomic E-state index is 11.6. The summed E-state index contributed by atoms with van der Waals surface area (Å²) < 4.78 is 5.95. The van der Waals surface area contributed by atoms with Crippen LogP contribution in [0.4, 0.5) is 0 Å². The van der Waals surface area contributed by atoms with E-state index in [0.29, 0.717) is 20.1 Å². The molecule has 110 valence electrons. The van der Waals surface area contributed by atoms with E-state index in [-0.39, 0.29) is 12.5 Å². The Kier molecular flexibility index (Phi) is 5.60. The fourth-order valence-electron chi connectivity index (χ4n) is 1.37. The van der Waals surface area contributed by atoms with Crippen molar-refractivity contribution >= 4 is 50.7 Å². The summed E-state index contributed by atoms with van der Waals surface area (Å²) in [7, 11) is 0. The molecule has 8 heteroatoms. The van der Waals surface area contributed by atoms with E-state index >= 15 is 0 Å². The number of hydrazine groups is 1. The van der Waals surface area contributed by atoms with Gasteiger partial charge in [-0.1, -0.05) is 17.7 Å². The molecule has 0 atom stereocenters. The van der Waals surface area contributed by atoms with Crippen molar-refractivity contribution in [1.82, 2.24) is 10.9 Å². The van der Waals surface area contributed by atoms with Crippen molar-refractivity contribution in [2.75, 3.05) is 6.61 Å². The molecule has 21 heavy (non-hydrogen) atoms. The molecule has 0 aliphatic heterocycles. The van der Waals surface area contributed by atoms with Gasteiger partial charge in [0.25, 0.3) is 11.8 Å². The van der Waals surface area contributed by atoms with Gasteiger partial charge >= 0.3 is 0 Å². The third-order valence-corrected chi connectivity index (χ3v) is 4.04. The molecule has 0 bridgehead atoms. The van der Waals surface area contributed by atoms with E-state index in [9.17, 15) is 9.59 Å². The molecule has 0 aliphatic rings. The molecule has 0 fully saturated rings. The maximum atomic E-state index is 11.6. The predicted octanol–water partition coefficient (Wildman–Crippen LogP) is 3.00. The van der Waals surface area contributed by atoms with Gasteiger partial charge in [-0.25, -0.2) is 0 Å². The Labute approximate surface area is 138 Å². The second kappa shape index (κ2) is 7.44. The van der Waals surface area contributed by atoms with Crippen LogP contribution in [0.2, 0.25) is 5.02 Å². The van der Waals surface area contributed by atoms with Crippen LogP contribution >= 0.6 is 38.9 Å². The number of hydrogen-bond acceptors (Lipinski definition) is 4. The second-order valence-electron chi connectivity index (χ2n) is 3.84. The Balaban J connectivity index is 1.78. The van der Waals surface area contributed by atoms with E-state index in [1.807, 2.05) is 0 Å². The Bertz CT molecular complexity index is 649. The van der Waals surface area contributed by atoms with Crippen molar-refractivity contribution in [3.05, 3.63) is 50.1 Å². The molecular weight excluding hydrogens is 380 g/mol. The minimum absolute atomic E-state index is 0.231. The lowest BCUT2D eigenvalue weighted by Crippen LogP contribution is -2.43. The van der Waals surface area contributed by atoms with E-state index in [2.05, 4.69) is 26.8 Å². The molecule has 0 saturated heterocycles. The lowest BCUT2D eigenvalue weighted by atomic mass is 10.3. The Morgan fingerprint density at radius 1 is 1.29 bits per heavy atom. The monoisotopic (exact) mass is 388 g/mol. The van der Waals surface area contributed by atoms with Gasteiger partial charge in [-0.3, -0.25) is 20.4 Å². The molecular formula is C13H10BrClN2O3S. The minimum Gasteiger partial charge on any atom is -0.483 e. The number of nitrogens with one attached hydrogen (secondary N) is 2. The fourth-order valence-corrected chi connectivity index (χ4v) is 2.78. The first-order valence-electron chi connectivity index (χ1n) is 5.77. The zero-order valence-corrected chi connectivity index (χ0v) is 13.7. The van der Waals surface area contributed by atoms with Crippen LogP contribution in [0.5, 0.6) is 5.75 Å². The number of carbonyl (C=O) groups excluding carboxylic acids is 2. The van der Waals surface area contributed by atoms with E-state index in [1.54, 1.807) is 35.7 Å². The van der Waals surface area contributed by atoms with E-state index < -0.39 is 5.91 Å². The number of hydrogen-bond donors (Lipinski definition) is 2. The first-order chi connectivity index (χ1) is 10.1. The van der Waals surface area contributed by atoms with E-state index in [4.69, 9.17) is 16.3 Å². The summed E-state index contributed by atoms with van der Waals surface area (Å²) in [6.45, 7) is -0.231. The van der Waals surface area contributed by atoms with Gasteiger partial charge < -0.3 is 4.74 Å². The van der Waals surface area contributed by atoms with Crippen molar-refractivity contribution in [3.63, 3.8) is 0 Å². The van der Waals surface area contributed by atoms with Crippen molar-refractivity contribution in [3.8, 4) is 5.75 Å². The lowest BCUT2D eigenvalue weighted by Gasteiger charge is -2.09. The number of amides is 2. The third kappa shape index (κ3) is 4.73. The van der Waals surface area contributed by atoms with Crippen LogP contribution in [-0.4, -0.2) is 18.4 Å². The molecule has 0 saturated carbocycles. The molecule has 0 unspecified atom stereocenters. The number of ether oxygens (including phenoxy) is 1. The molecule has 1 heterocycles. The molecule has 0 spiro atoms. The zero-order chi connectivity index (χ0) is 15.2. The normalized spacial score (nSPS) is 10.0. The summed E-state index contributed by atoms with van der Waals surface area (Å²) in [5.74, 6) is -0.355. The van der Waals surface area contributed by atoms with Gasteiger partial charge in [-0.15, -0.1) is 11.3 Å². The van der Waals surface area contributed by atoms with E-state index in [1.165, 1.54) is 11.3 Å². The number of thiophene rings is 1. The fraction of sp³-hybridized carbons (Fsp3) is 0.0769. The average molecular weight is 390 g/mol. The maximum Gasteiger partial charge on any atom is 0.279 e. The first-order valence-corrected chi connectivity index (χ1v) is 7.82. The van der Waals surface area contributed by atoms with Crippen LogP contribution in [0.25, 0.3) is 0 Å². The largest absolute Gasteiger partial charge is 0.483 e. The summed E-state index contributed by atoms with van der Waals surface area (Å²) in [5.41, 5.74) is 4.58. The van der Waals surface area contributed by atoms with Crippen molar-refractivity contribution < 1.29 is 14.3 Å². The van der Waals surface area contributed by atoms with Crippen molar-refractivity contribution in [2.45, 2.75) is 0 Å². The van der Waals surface area contributed by atoms with Crippen LogP contribution in [0.3, 0.4) is 0 Å². The quantitative estimate of drug-likeness (QED) is 0.790. The van der Waals surface area contributed by atoms with Crippen LogP contribution in [-0.2, 0) is 4.79 Å². The summed E-state index contributed by atoms with van der Waals surface area (Å²) in [5, 5.41) is 2.33. The highest BCUT2D eigenvalue weighted by molar-refractivity contribution is 9.10.